The van der Waals surface area contributed by atoms with E-state index in [2.05, 4.69) is 115 Å². The topological polar surface area (TPSA) is 0 Å². The van der Waals surface area contributed by atoms with Crippen molar-refractivity contribution in [1.29, 1.82) is 0 Å². The Bertz CT molecular complexity index is 1290. The van der Waals surface area contributed by atoms with Crippen LogP contribution in [0.15, 0.2) is 66.7 Å². The SMILES string of the molecule is Cc1cc(C)cc(C2(c3cc(C)cc(C)c3)c3cc(C)ccc3-c3cc(C)c(C)cc32)c1. The van der Waals surface area contributed by atoms with Crippen LogP contribution < -0.4 is 0 Å². The van der Waals surface area contributed by atoms with Crippen LogP contribution in [0.1, 0.15) is 61.2 Å². The molecule has 32 heavy (non-hydrogen) atoms. The average Bonchev–Trinajstić information content (AvgIpc) is 2.96. The Morgan fingerprint density at radius 1 is 0.406 bits per heavy atom. The van der Waals surface area contributed by atoms with Gasteiger partial charge in [0.25, 0.3) is 0 Å². The molecule has 4 aromatic rings. The quantitative estimate of drug-likeness (QED) is 0.272. The minimum absolute atomic E-state index is 0.317. The van der Waals surface area contributed by atoms with Crippen molar-refractivity contribution in [3.8, 4) is 11.1 Å². The van der Waals surface area contributed by atoms with E-state index in [1.165, 1.54) is 72.3 Å². The van der Waals surface area contributed by atoms with Crippen LogP contribution in [0.4, 0.5) is 0 Å². The summed E-state index contributed by atoms with van der Waals surface area (Å²) in [5.74, 6) is 0. The van der Waals surface area contributed by atoms with Crippen molar-refractivity contribution in [2.45, 2.75) is 53.9 Å². The second kappa shape index (κ2) is 7.20. The second-order valence-electron chi connectivity index (χ2n) is 10.0. The number of fused-ring (bicyclic) bond motifs is 3. The molecule has 0 spiro atoms. The van der Waals surface area contributed by atoms with Crippen LogP contribution in [0, 0.1) is 48.5 Å². The van der Waals surface area contributed by atoms with Gasteiger partial charge in [-0.15, -0.1) is 0 Å². The molecule has 0 saturated carbocycles. The van der Waals surface area contributed by atoms with E-state index in [1.807, 2.05) is 0 Å². The van der Waals surface area contributed by atoms with E-state index in [9.17, 15) is 0 Å². The number of rotatable bonds is 2. The Kier molecular flexibility index (Phi) is 4.67. The standard InChI is InChI=1S/C32H32/c1-19-8-9-28-29-17-24(6)25(7)18-31(29)32(30(28)16-19,26-12-20(2)10-21(3)13-26)27-14-22(4)11-23(5)15-27/h8-18H,1-7H3. The molecule has 0 nitrogen and oxygen atoms in total. The molecule has 4 aromatic carbocycles. The fourth-order valence-electron chi connectivity index (χ4n) is 5.87. The lowest BCUT2D eigenvalue weighted by Crippen LogP contribution is -2.29. The highest BCUT2D eigenvalue weighted by atomic mass is 14.5. The van der Waals surface area contributed by atoms with Gasteiger partial charge in [-0.2, -0.15) is 0 Å². The fourth-order valence-corrected chi connectivity index (χ4v) is 5.87. The van der Waals surface area contributed by atoms with E-state index >= 15 is 0 Å². The zero-order chi connectivity index (χ0) is 22.8. The van der Waals surface area contributed by atoms with E-state index in [-0.39, 0.29) is 5.41 Å². The van der Waals surface area contributed by atoms with Crippen molar-refractivity contribution in [2.75, 3.05) is 0 Å². The van der Waals surface area contributed by atoms with Gasteiger partial charge in [-0.05, 0) is 93.0 Å². The van der Waals surface area contributed by atoms with Gasteiger partial charge in [0, 0.05) is 0 Å². The highest BCUT2D eigenvalue weighted by Gasteiger charge is 2.46. The van der Waals surface area contributed by atoms with Crippen molar-refractivity contribution in [3.63, 3.8) is 0 Å². The van der Waals surface area contributed by atoms with Gasteiger partial charge in [0.1, 0.15) is 0 Å². The van der Waals surface area contributed by atoms with Gasteiger partial charge < -0.3 is 0 Å². The summed E-state index contributed by atoms with van der Waals surface area (Å²) < 4.78 is 0. The normalized spacial score (nSPS) is 13.7. The molecule has 0 amide bonds. The summed E-state index contributed by atoms with van der Waals surface area (Å²) in [5.41, 5.74) is 17.3. The molecule has 160 valence electrons. The number of aryl methyl sites for hydroxylation is 7. The molecule has 0 radical (unpaired) electrons. The van der Waals surface area contributed by atoms with Crippen LogP contribution in [0.2, 0.25) is 0 Å². The van der Waals surface area contributed by atoms with Gasteiger partial charge >= 0.3 is 0 Å². The van der Waals surface area contributed by atoms with Crippen molar-refractivity contribution >= 4 is 0 Å². The van der Waals surface area contributed by atoms with Gasteiger partial charge in [-0.25, -0.2) is 0 Å². The largest absolute Gasteiger partial charge is 0.0714 e. The van der Waals surface area contributed by atoms with Crippen molar-refractivity contribution < 1.29 is 0 Å². The first-order valence-electron chi connectivity index (χ1n) is 11.6. The van der Waals surface area contributed by atoms with E-state index in [1.54, 1.807) is 0 Å². The molecule has 1 aliphatic rings. The minimum Gasteiger partial charge on any atom is -0.0587 e. The molecular formula is C32H32. The predicted octanol–water partition coefficient (Wildman–Crippen LogP) is 8.21. The number of benzene rings is 4. The third-order valence-electron chi connectivity index (χ3n) is 7.22. The Morgan fingerprint density at radius 2 is 0.875 bits per heavy atom. The van der Waals surface area contributed by atoms with Crippen LogP contribution >= 0.6 is 0 Å². The third kappa shape index (κ3) is 2.97. The van der Waals surface area contributed by atoms with E-state index in [0.717, 1.165) is 0 Å². The molecule has 1 aliphatic carbocycles. The van der Waals surface area contributed by atoms with Gasteiger partial charge in [0.2, 0.25) is 0 Å². The molecule has 5 rings (SSSR count). The highest BCUT2D eigenvalue weighted by Crippen LogP contribution is 2.57. The molecular weight excluding hydrogens is 384 g/mol. The molecule has 0 saturated heterocycles. The first-order valence-corrected chi connectivity index (χ1v) is 11.6. The Labute approximate surface area is 193 Å². The number of hydrogen-bond donors (Lipinski definition) is 0. The van der Waals surface area contributed by atoms with Gasteiger partial charge in [-0.1, -0.05) is 94.5 Å². The lowest BCUT2D eigenvalue weighted by molar-refractivity contribution is 0.761. The maximum atomic E-state index is 2.45. The predicted molar refractivity (Wildman–Crippen MR) is 137 cm³/mol. The maximum absolute atomic E-state index is 2.45. The lowest BCUT2D eigenvalue weighted by atomic mass is 9.66. The summed E-state index contributed by atoms with van der Waals surface area (Å²) in [6, 6.07) is 26.1. The number of hydrogen-bond acceptors (Lipinski definition) is 0. The monoisotopic (exact) mass is 416 g/mol. The average molecular weight is 417 g/mol. The Hall–Kier alpha value is -3.12. The zero-order valence-electron chi connectivity index (χ0n) is 20.4. The molecule has 0 bridgehead atoms. The Morgan fingerprint density at radius 3 is 1.41 bits per heavy atom. The van der Waals surface area contributed by atoms with Crippen LogP contribution in [0.3, 0.4) is 0 Å². The fraction of sp³-hybridized carbons (Fsp3) is 0.250. The third-order valence-corrected chi connectivity index (χ3v) is 7.22. The van der Waals surface area contributed by atoms with Crippen molar-refractivity contribution in [1.82, 2.24) is 0 Å². The Balaban J connectivity index is 2.04. The molecule has 0 aromatic heterocycles. The summed E-state index contributed by atoms with van der Waals surface area (Å²) >= 11 is 0. The molecule has 0 fully saturated rings. The summed E-state index contributed by atoms with van der Waals surface area (Å²) in [5, 5.41) is 0. The summed E-state index contributed by atoms with van der Waals surface area (Å²) in [4.78, 5) is 0. The maximum Gasteiger partial charge on any atom is 0.0714 e. The molecule has 0 unspecified atom stereocenters. The lowest BCUT2D eigenvalue weighted by Gasteiger charge is -2.35. The summed E-state index contributed by atoms with van der Waals surface area (Å²) in [6.07, 6.45) is 0. The minimum atomic E-state index is -0.317. The molecule has 0 heterocycles. The van der Waals surface area contributed by atoms with E-state index < -0.39 is 0 Å². The van der Waals surface area contributed by atoms with Crippen LogP contribution in [0.5, 0.6) is 0 Å². The van der Waals surface area contributed by atoms with Crippen LogP contribution in [-0.2, 0) is 5.41 Å². The van der Waals surface area contributed by atoms with E-state index in [4.69, 9.17) is 0 Å². The summed E-state index contributed by atoms with van der Waals surface area (Å²) in [7, 11) is 0. The van der Waals surface area contributed by atoms with E-state index in [0.29, 0.717) is 0 Å². The van der Waals surface area contributed by atoms with Crippen LogP contribution in [0.25, 0.3) is 11.1 Å². The molecule has 0 aliphatic heterocycles. The zero-order valence-corrected chi connectivity index (χ0v) is 20.4. The molecule has 0 heteroatoms. The highest BCUT2D eigenvalue weighted by molar-refractivity contribution is 5.87. The van der Waals surface area contributed by atoms with Gasteiger partial charge in [0.05, 0.1) is 5.41 Å². The van der Waals surface area contributed by atoms with Gasteiger partial charge in [-0.3, -0.25) is 0 Å². The summed E-state index contributed by atoms with van der Waals surface area (Å²) in [6.45, 7) is 15.6. The molecule has 0 N–H and O–H groups in total. The molecule has 0 atom stereocenters. The van der Waals surface area contributed by atoms with Crippen molar-refractivity contribution in [2.24, 2.45) is 0 Å². The smallest absolute Gasteiger partial charge is 0.0587 e. The first kappa shape index (κ1) is 20.8. The van der Waals surface area contributed by atoms with Crippen LogP contribution in [-0.4, -0.2) is 0 Å². The second-order valence-corrected chi connectivity index (χ2v) is 10.0. The first-order chi connectivity index (χ1) is 15.2. The van der Waals surface area contributed by atoms with Gasteiger partial charge in [0.15, 0.2) is 0 Å². The van der Waals surface area contributed by atoms with Crippen molar-refractivity contribution in [3.05, 3.63) is 128 Å².